The van der Waals surface area contributed by atoms with Gasteiger partial charge < -0.3 is 5.11 Å². The Morgan fingerprint density at radius 3 is 2.59 bits per heavy atom. The summed E-state index contributed by atoms with van der Waals surface area (Å²) in [6.45, 7) is 0. The van der Waals surface area contributed by atoms with E-state index in [1.807, 2.05) is 0 Å². The molecule has 0 radical (unpaired) electrons. The number of benzene rings is 1. The minimum atomic E-state index is -1.20. The van der Waals surface area contributed by atoms with Gasteiger partial charge in [0.1, 0.15) is 0 Å². The number of halogens is 1. The summed E-state index contributed by atoms with van der Waals surface area (Å²) in [6, 6.07) is 8.86. The number of para-hydroxylation sites is 1. The van der Waals surface area contributed by atoms with E-state index in [0.717, 1.165) is 16.8 Å². The maximum Gasteiger partial charge on any atom is 0.356 e. The van der Waals surface area contributed by atoms with E-state index < -0.39 is 11.5 Å². The molecule has 2 aromatic rings. The quantitative estimate of drug-likeness (QED) is 0.878. The molecule has 0 bridgehead atoms. The molecular weight excluding hydrogens is 244 g/mol. The van der Waals surface area contributed by atoms with E-state index in [9.17, 15) is 9.59 Å². The Morgan fingerprint density at radius 1 is 1.24 bits per heavy atom. The lowest BCUT2D eigenvalue weighted by molar-refractivity contribution is 0.0688. The molecule has 0 unspecified atom stereocenters. The standard InChI is InChI=1S/C11H7ClN2O3/c12-7-3-1-2-4-9(7)14-10(15)6-5-8(13-14)11(16)17/h1-6H,(H,16,17). The van der Waals surface area contributed by atoms with Crippen molar-refractivity contribution in [3.63, 3.8) is 0 Å². The number of carboxylic acid groups (broad SMARTS) is 1. The fourth-order valence-electron chi connectivity index (χ4n) is 1.32. The molecule has 1 aromatic carbocycles. The highest BCUT2D eigenvalue weighted by Crippen LogP contribution is 2.17. The molecule has 0 spiro atoms. The van der Waals surface area contributed by atoms with E-state index in [0.29, 0.717) is 10.7 Å². The summed E-state index contributed by atoms with van der Waals surface area (Å²) in [4.78, 5) is 22.4. The van der Waals surface area contributed by atoms with Crippen LogP contribution < -0.4 is 5.56 Å². The van der Waals surface area contributed by atoms with Crippen LogP contribution in [0.2, 0.25) is 5.02 Å². The van der Waals surface area contributed by atoms with Crippen molar-refractivity contribution in [2.75, 3.05) is 0 Å². The van der Waals surface area contributed by atoms with Crippen molar-refractivity contribution in [3.8, 4) is 5.69 Å². The van der Waals surface area contributed by atoms with Gasteiger partial charge in [-0.1, -0.05) is 23.7 Å². The number of hydrogen-bond donors (Lipinski definition) is 1. The first-order valence-corrected chi connectivity index (χ1v) is 5.06. The molecule has 1 heterocycles. The van der Waals surface area contributed by atoms with Gasteiger partial charge in [0, 0.05) is 6.07 Å². The van der Waals surface area contributed by atoms with E-state index in [1.54, 1.807) is 24.3 Å². The van der Waals surface area contributed by atoms with Crippen LogP contribution in [0.1, 0.15) is 10.5 Å². The lowest BCUT2D eigenvalue weighted by atomic mass is 10.3. The van der Waals surface area contributed by atoms with Crippen LogP contribution in [0.4, 0.5) is 0 Å². The van der Waals surface area contributed by atoms with Gasteiger partial charge in [0.15, 0.2) is 5.69 Å². The first kappa shape index (κ1) is 11.3. The van der Waals surface area contributed by atoms with Crippen LogP contribution >= 0.6 is 11.6 Å². The highest BCUT2D eigenvalue weighted by molar-refractivity contribution is 6.32. The van der Waals surface area contributed by atoms with Gasteiger partial charge in [0.2, 0.25) is 0 Å². The van der Waals surface area contributed by atoms with Gasteiger partial charge in [-0.05, 0) is 18.2 Å². The van der Waals surface area contributed by atoms with E-state index >= 15 is 0 Å². The summed E-state index contributed by atoms with van der Waals surface area (Å²) in [5.74, 6) is -1.20. The SMILES string of the molecule is O=C(O)c1ccc(=O)n(-c2ccccc2Cl)n1. The zero-order valence-corrected chi connectivity index (χ0v) is 9.26. The maximum absolute atomic E-state index is 11.6. The summed E-state index contributed by atoms with van der Waals surface area (Å²) < 4.78 is 0.964. The number of rotatable bonds is 2. The second kappa shape index (κ2) is 4.39. The molecule has 1 aromatic heterocycles. The first-order chi connectivity index (χ1) is 8.09. The Kier molecular flexibility index (Phi) is 2.93. The van der Waals surface area contributed by atoms with Gasteiger partial charge in [-0.25, -0.2) is 4.79 Å². The third-order valence-electron chi connectivity index (χ3n) is 2.10. The third kappa shape index (κ3) is 2.19. The molecule has 2 rings (SSSR count). The number of hydrogen-bond acceptors (Lipinski definition) is 3. The fraction of sp³-hybridized carbons (Fsp3) is 0. The van der Waals surface area contributed by atoms with Crippen molar-refractivity contribution in [1.29, 1.82) is 0 Å². The highest BCUT2D eigenvalue weighted by Gasteiger charge is 2.10. The Hall–Kier alpha value is -2.14. The molecule has 0 aliphatic rings. The minimum Gasteiger partial charge on any atom is -0.476 e. The molecule has 0 saturated heterocycles. The Labute approximate surface area is 101 Å². The topological polar surface area (TPSA) is 72.2 Å². The molecule has 5 nitrogen and oxygen atoms in total. The largest absolute Gasteiger partial charge is 0.476 e. The van der Waals surface area contributed by atoms with Crippen LogP contribution in [-0.2, 0) is 0 Å². The van der Waals surface area contributed by atoms with Crippen molar-refractivity contribution >= 4 is 17.6 Å². The Bertz CT molecular complexity index is 637. The third-order valence-corrected chi connectivity index (χ3v) is 2.42. The predicted octanol–water partition coefficient (Wildman–Crippen LogP) is 1.58. The molecule has 17 heavy (non-hydrogen) atoms. The first-order valence-electron chi connectivity index (χ1n) is 4.68. The lowest BCUT2D eigenvalue weighted by Gasteiger charge is -2.06. The average Bonchev–Trinajstić information content (AvgIpc) is 2.30. The zero-order valence-electron chi connectivity index (χ0n) is 8.50. The summed E-state index contributed by atoms with van der Waals surface area (Å²) in [5.41, 5.74) is -0.310. The molecule has 0 amide bonds. The summed E-state index contributed by atoms with van der Waals surface area (Å²) >= 11 is 5.92. The average molecular weight is 251 g/mol. The lowest BCUT2D eigenvalue weighted by Crippen LogP contribution is -2.22. The summed E-state index contributed by atoms with van der Waals surface area (Å²) in [5, 5.41) is 12.9. The molecule has 0 atom stereocenters. The van der Waals surface area contributed by atoms with Crippen LogP contribution in [-0.4, -0.2) is 20.9 Å². The second-order valence-electron chi connectivity index (χ2n) is 3.23. The number of aromatic nitrogens is 2. The molecule has 1 N–H and O–H groups in total. The maximum atomic E-state index is 11.6. The van der Waals surface area contributed by atoms with Crippen LogP contribution in [0.3, 0.4) is 0 Å². The predicted molar refractivity (Wildman–Crippen MR) is 61.8 cm³/mol. The molecule has 86 valence electrons. The van der Waals surface area contributed by atoms with Crippen molar-refractivity contribution in [2.45, 2.75) is 0 Å². The van der Waals surface area contributed by atoms with Gasteiger partial charge in [-0.2, -0.15) is 9.78 Å². The van der Waals surface area contributed by atoms with E-state index in [2.05, 4.69) is 5.10 Å². The molecular formula is C11H7ClN2O3. The summed E-state index contributed by atoms with van der Waals surface area (Å²) in [6.07, 6.45) is 0. The minimum absolute atomic E-state index is 0.218. The fourth-order valence-corrected chi connectivity index (χ4v) is 1.54. The van der Waals surface area contributed by atoms with Gasteiger partial charge in [-0.15, -0.1) is 0 Å². The number of carbonyl (C=O) groups is 1. The molecule has 0 aliphatic carbocycles. The summed E-state index contributed by atoms with van der Waals surface area (Å²) in [7, 11) is 0. The van der Waals surface area contributed by atoms with E-state index in [1.165, 1.54) is 0 Å². The van der Waals surface area contributed by atoms with Crippen molar-refractivity contribution < 1.29 is 9.90 Å². The highest BCUT2D eigenvalue weighted by atomic mass is 35.5. The Morgan fingerprint density at radius 2 is 1.94 bits per heavy atom. The monoisotopic (exact) mass is 250 g/mol. The van der Waals surface area contributed by atoms with Crippen LogP contribution in [0, 0.1) is 0 Å². The number of nitrogens with zero attached hydrogens (tertiary/aromatic N) is 2. The molecule has 0 fully saturated rings. The zero-order chi connectivity index (χ0) is 12.4. The van der Waals surface area contributed by atoms with Crippen molar-refractivity contribution in [2.24, 2.45) is 0 Å². The molecule has 0 saturated carbocycles. The molecule has 0 aliphatic heterocycles. The van der Waals surface area contributed by atoms with Gasteiger partial charge in [0.05, 0.1) is 10.7 Å². The smallest absolute Gasteiger partial charge is 0.356 e. The van der Waals surface area contributed by atoms with Crippen molar-refractivity contribution in [3.05, 3.63) is 57.5 Å². The number of aromatic carboxylic acids is 1. The van der Waals surface area contributed by atoms with Crippen molar-refractivity contribution in [1.82, 2.24) is 9.78 Å². The van der Waals surface area contributed by atoms with E-state index in [-0.39, 0.29) is 5.69 Å². The van der Waals surface area contributed by atoms with Gasteiger partial charge in [0.25, 0.3) is 5.56 Å². The van der Waals surface area contributed by atoms with Crippen LogP contribution in [0.25, 0.3) is 5.69 Å². The van der Waals surface area contributed by atoms with E-state index in [4.69, 9.17) is 16.7 Å². The molecule has 6 heteroatoms. The van der Waals surface area contributed by atoms with Gasteiger partial charge >= 0.3 is 5.97 Å². The second-order valence-corrected chi connectivity index (χ2v) is 3.63. The normalized spacial score (nSPS) is 10.2. The van der Waals surface area contributed by atoms with Crippen LogP contribution in [0.15, 0.2) is 41.2 Å². The Balaban J connectivity index is 2.67. The number of carboxylic acids is 1. The van der Waals surface area contributed by atoms with Gasteiger partial charge in [-0.3, -0.25) is 4.79 Å². The van der Waals surface area contributed by atoms with Crippen LogP contribution in [0.5, 0.6) is 0 Å².